The highest BCUT2D eigenvalue weighted by atomic mass is 19.1. The highest BCUT2D eigenvalue weighted by molar-refractivity contribution is 5.76. The van der Waals surface area contributed by atoms with Crippen molar-refractivity contribution in [1.82, 2.24) is 24.8 Å². The van der Waals surface area contributed by atoms with Crippen LogP contribution in [0.3, 0.4) is 0 Å². The monoisotopic (exact) mass is 348 g/mol. The summed E-state index contributed by atoms with van der Waals surface area (Å²) in [6, 6.07) is 8.39. The van der Waals surface area contributed by atoms with E-state index in [-0.39, 0.29) is 5.82 Å². The van der Waals surface area contributed by atoms with Crippen LogP contribution in [0.1, 0.15) is 21.6 Å². The van der Waals surface area contributed by atoms with Gasteiger partial charge in [-0.1, -0.05) is 6.07 Å². The van der Waals surface area contributed by atoms with Gasteiger partial charge in [0, 0.05) is 37.0 Å². The van der Waals surface area contributed by atoms with E-state index in [1.165, 1.54) is 6.07 Å². The molecule has 4 aromatic rings. The van der Waals surface area contributed by atoms with Gasteiger partial charge in [-0.3, -0.25) is 9.89 Å². The Hall–Kier alpha value is -3.55. The van der Waals surface area contributed by atoms with Crippen LogP contribution in [0.2, 0.25) is 0 Å². The minimum absolute atomic E-state index is 0.237. The van der Waals surface area contributed by atoms with Gasteiger partial charge in [0.25, 0.3) is 0 Å². The van der Waals surface area contributed by atoms with Gasteiger partial charge in [-0.25, -0.2) is 13.9 Å². The molecule has 0 aliphatic carbocycles. The number of nitrogens with zero attached hydrogens (tertiary/aromatic N) is 5. The van der Waals surface area contributed by atoms with Crippen molar-refractivity contribution in [1.29, 1.82) is 0 Å². The summed E-state index contributed by atoms with van der Waals surface area (Å²) in [5.74, 6) is 0.502. The van der Waals surface area contributed by atoms with Crippen LogP contribution < -0.4 is 4.90 Å². The van der Waals surface area contributed by atoms with Crippen LogP contribution >= 0.6 is 0 Å². The van der Waals surface area contributed by atoms with Gasteiger partial charge in [-0.15, -0.1) is 0 Å². The van der Waals surface area contributed by atoms with E-state index in [2.05, 4.69) is 25.2 Å². The molecule has 7 nitrogen and oxygen atoms in total. The van der Waals surface area contributed by atoms with Crippen LogP contribution in [0.25, 0.3) is 16.9 Å². The Morgan fingerprint density at radius 1 is 1.15 bits per heavy atom. The van der Waals surface area contributed by atoms with Gasteiger partial charge in [0.15, 0.2) is 11.9 Å². The van der Waals surface area contributed by atoms with Crippen LogP contribution in [0, 0.1) is 5.82 Å². The van der Waals surface area contributed by atoms with Crippen LogP contribution in [-0.2, 0) is 13.1 Å². The van der Waals surface area contributed by atoms with Crippen molar-refractivity contribution < 1.29 is 9.18 Å². The maximum absolute atomic E-state index is 13.5. The summed E-state index contributed by atoms with van der Waals surface area (Å²) in [5.41, 5.74) is 4.53. The number of fused-ring (bicyclic) bond motifs is 2. The van der Waals surface area contributed by atoms with E-state index in [0.717, 1.165) is 28.2 Å². The van der Waals surface area contributed by atoms with Crippen LogP contribution in [0.5, 0.6) is 0 Å². The number of rotatable bonds is 3. The Balaban J connectivity index is 1.64. The average Bonchev–Trinajstić information content (AvgIpc) is 3.38. The van der Waals surface area contributed by atoms with Crippen LogP contribution in [0.15, 0.2) is 42.7 Å². The molecule has 0 bridgehead atoms. The molecule has 0 fully saturated rings. The molecular formula is C18H13FN6O. The number of hydrogen-bond donors (Lipinski definition) is 1. The van der Waals surface area contributed by atoms with E-state index in [1.54, 1.807) is 29.0 Å². The SMILES string of the molecule is O=Cc1cc2nc(N3Cc4ccc(F)cc4C3)cc(-c3cn[nH]c3)n2n1. The molecule has 0 saturated carbocycles. The predicted octanol–water partition coefficient (Wildman–Crippen LogP) is 2.59. The number of benzene rings is 1. The molecule has 5 rings (SSSR count). The first-order valence-electron chi connectivity index (χ1n) is 8.09. The van der Waals surface area contributed by atoms with Crippen LogP contribution in [0.4, 0.5) is 10.2 Å². The highest BCUT2D eigenvalue weighted by Gasteiger charge is 2.22. The Bertz CT molecular complexity index is 1130. The molecule has 26 heavy (non-hydrogen) atoms. The van der Waals surface area contributed by atoms with Crippen molar-refractivity contribution in [2.75, 3.05) is 4.90 Å². The molecule has 0 spiro atoms. The Morgan fingerprint density at radius 3 is 2.85 bits per heavy atom. The third-order valence-electron chi connectivity index (χ3n) is 4.56. The quantitative estimate of drug-likeness (QED) is 0.576. The van der Waals surface area contributed by atoms with E-state index in [1.807, 2.05) is 12.1 Å². The summed E-state index contributed by atoms with van der Waals surface area (Å²) in [4.78, 5) is 17.8. The molecule has 3 aromatic heterocycles. The van der Waals surface area contributed by atoms with Crippen LogP contribution in [-0.4, -0.2) is 31.1 Å². The largest absolute Gasteiger partial charge is 0.348 e. The molecule has 8 heteroatoms. The van der Waals surface area contributed by atoms with Gasteiger partial charge < -0.3 is 4.90 Å². The Labute approximate surface area is 147 Å². The third-order valence-corrected chi connectivity index (χ3v) is 4.56. The predicted molar refractivity (Wildman–Crippen MR) is 92.2 cm³/mol. The zero-order valence-electron chi connectivity index (χ0n) is 13.6. The molecule has 1 aliphatic heterocycles. The van der Waals surface area contributed by atoms with Crippen molar-refractivity contribution in [3.05, 3.63) is 65.4 Å². The summed E-state index contributed by atoms with van der Waals surface area (Å²) in [6.07, 6.45) is 4.14. The minimum atomic E-state index is -0.237. The standard InChI is InChI=1S/C18H13FN6O/c19-14-2-1-11-8-24(9-12(11)3-14)17-5-16(13-6-20-21-7-13)25-18(22-17)4-15(10-26)23-25/h1-7,10H,8-9H2,(H,20,21). The van der Waals surface area contributed by atoms with Gasteiger partial charge in [0.1, 0.15) is 17.3 Å². The molecule has 128 valence electrons. The van der Waals surface area contributed by atoms with Crippen molar-refractivity contribution in [2.45, 2.75) is 13.1 Å². The van der Waals surface area contributed by atoms with E-state index in [9.17, 15) is 9.18 Å². The zero-order chi connectivity index (χ0) is 17.7. The van der Waals surface area contributed by atoms with E-state index >= 15 is 0 Å². The molecule has 0 radical (unpaired) electrons. The number of carbonyl (C=O) groups excluding carboxylic acids is 1. The number of aromatic nitrogens is 5. The fraction of sp³-hybridized carbons (Fsp3) is 0.111. The van der Waals surface area contributed by atoms with Crippen molar-refractivity contribution in [3.8, 4) is 11.3 Å². The number of anilines is 1. The molecule has 1 N–H and O–H groups in total. The molecule has 4 heterocycles. The summed E-state index contributed by atoms with van der Waals surface area (Å²) in [6.45, 7) is 1.23. The van der Waals surface area contributed by atoms with E-state index < -0.39 is 0 Å². The summed E-state index contributed by atoms with van der Waals surface area (Å²) >= 11 is 0. The number of hydrogen-bond acceptors (Lipinski definition) is 5. The van der Waals surface area contributed by atoms with Gasteiger partial charge in [-0.2, -0.15) is 10.2 Å². The summed E-state index contributed by atoms with van der Waals surface area (Å²) < 4.78 is 15.1. The van der Waals surface area contributed by atoms with Crippen molar-refractivity contribution in [3.63, 3.8) is 0 Å². The molecule has 1 aromatic carbocycles. The number of aldehydes is 1. The second-order valence-electron chi connectivity index (χ2n) is 6.21. The second-order valence-corrected chi connectivity index (χ2v) is 6.21. The summed E-state index contributed by atoms with van der Waals surface area (Å²) in [5, 5.41) is 11.1. The maximum Gasteiger partial charge on any atom is 0.170 e. The molecule has 0 saturated heterocycles. The molecule has 0 unspecified atom stereocenters. The molecular weight excluding hydrogens is 335 g/mol. The Kier molecular flexibility index (Phi) is 3.11. The zero-order valence-corrected chi connectivity index (χ0v) is 13.6. The second kappa shape index (κ2) is 5.48. The first-order chi connectivity index (χ1) is 12.7. The van der Waals surface area contributed by atoms with E-state index in [4.69, 9.17) is 0 Å². The lowest BCUT2D eigenvalue weighted by Gasteiger charge is -2.17. The first-order valence-corrected chi connectivity index (χ1v) is 8.09. The number of nitrogens with one attached hydrogen (secondary N) is 1. The number of carbonyl (C=O) groups is 1. The molecule has 1 aliphatic rings. The average molecular weight is 348 g/mol. The smallest absolute Gasteiger partial charge is 0.170 e. The number of aromatic amines is 1. The lowest BCUT2D eigenvalue weighted by molar-refractivity contribution is 0.111. The van der Waals surface area contributed by atoms with Gasteiger partial charge in [0.2, 0.25) is 0 Å². The third kappa shape index (κ3) is 2.26. The fourth-order valence-corrected chi connectivity index (χ4v) is 3.32. The molecule has 0 amide bonds. The topological polar surface area (TPSA) is 79.2 Å². The normalized spacial score (nSPS) is 13.3. The van der Waals surface area contributed by atoms with Crippen molar-refractivity contribution >= 4 is 17.8 Å². The lowest BCUT2D eigenvalue weighted by atomic mass is 10.1. The maximum atomic E-state index is 13.5. The molecule has 0 atom stereocenters. The van der Waals surface area contributed by atoms with E-state index in [0.29, 0.717) is 30.7 Å². The Morgan fingerprint density at radius 2 is 2.04 bits per heavy atom. The van der Waals surface area contributed by atoms with Crippen molar-refractivity contribution in [2.24, 2.45) is 0 Å². The number of H-pyrrole nitrogens is 1. The summed E-state index contributed by atoms with van der Waals surface area (Å²) in [7, 11) is 0. The van der Waals surface area contributed by atoms with Gasteiger partial charge >= 0.3 is 0 Å². The number of halogens is 1. The fourth-order valence-electron chi connectivity index (χ4n) is 3.32. The first kappa shape index (κ1) is 14.8. The van der Waals surface area contributed by atoms with Gasteiger partial charge in [0.05, 0.1) is 11.9 Å². The lowest BCUT2D eigenvalue weighted by Crippen LogP contribution is -2.17. The minimum Gasteiger partial charge on any atom is -0.348 e. The highest BCUT2D eigenvalue weighted by Crippen LogP contribution is 2.31. The van der Waals surface area contributed by atoms with Gasteiger partial charge in [-0.05, 0) is 23.3 Å².